The number of unbranched alkanes of at least 4 members (excludes halogenated alkanes) is 1. The van der Waals surface area contributed by atoms with Gasteiger partial charge in [0.05, 0.1) is 17.2 Å². The van der Waals surface area contributed by atoms with Crippen molar-refractivity contribution in [2.45, 2.75) is 63.5 Å². The number of benzene rings is 3. The van der Waals surface area contributed by atoms with Crippen LogP contribution in [0.2, 0.25) is 0 Å². The van der Waals surface area contributed by atoms with Gasteiger partial charge < -0.3 is 15.1 Å². The molecule has 2 atom stereocenters. The van der Waals surface area contributed by atoms with E-state index in [2.05, 4.69) is 29.1 Å². The summed E-state index contributed by atoms with van der Waals surface area (Å²) in [6.45, 7) is 4.57. The lowest BCUT2D eigenvalue weighted by Crippen LogP contribution is -2.46. The second kappa shape index (κ2) is 12.0. The van der Waals surface area contributed by atoms with Crippen molar-refractivity contribution in [1.29, 1.82) is 5.26 Å². The molecule has 1 aromatic heterocycles. The summed E-state index contributed by atoms with van der Waals surface area (Å²) in [6, 6.07) is 24.9. The van der Waals surface area contributed by atoms with Gasteiger partial charge in [-0.3, -0.25) is 4.79 Å². The van der Waals surface area contributed by atoms with Crippen LogP contribution in [0.4, 0.5) is 0 Å². The van der Waals surface area contributed by atoms with E-state index in [1.54, 1.807) is 12.1 Å². The monoisotopic (exact) mass is 557 g/mol. The van der Waals surface area contributed by atoms with Crippen molar-refractivity contribution in [3.63, 3.8) is 0 Å². The zero-order valence-electron chi connectivity index (χ0n) is 24.1. The van der Waals surface area contributed by atoms with Gasteiger partial charge in [0, 0.05) is 17.7 Å². The topological polar surface area (TPSA) is 109 Å². The Bertz CT molecular complexity index is 1660. The fraction of sp³-hybridized carbons (Fsp3) is 0.314. The van der Waals surface area contributed by atoms with Gasteiger partial charge in [0.2, 0.25) is 11.8 Å². The normalized spacial score (nSPS) is 17.8. The minimum atomic E-state index is -0.905. The SMILES string of the molecule is C#CC1(CCCC)CCCN1C(=O)c1cc(-c2nnc([C@](C)(N)Cc3ccccc3)o2)cc(-c2ccccc2C#N)c1. The molecule has 1 aliphatic rings. The first-order chi connectivity index (χ1) is 20.3. The smallest absolute Gasteiger partial charge is 0.255 e. The van der Waals surface area contributed by atoms with E-state index in [9.17, 15) is 10.1 Å². The number of carbonyl (C=O) groups is 1. The van der Waals surface area contributed by atoms with Gasteiger partial charge >= 0.3 is 0 Å². The molecule has 1 aliphatic heterocycles. The van der Waals surface area contributed by atoms with E-state index in [1.807, 2.05) is 72.5 Å². The summed E-state index contributed by atoms with van der Waals surface area (Å²) >= 11 is 0. The van der Waals surface area contributed by atoms with E-state index in [-0.39, 0.29) is 11.8 Å². The van der Waals surface area contributed by atoms with E-state index >= 15 is 0 Å². The lowest BCUT2D eigenvalue weighted by atomic mass is 9.89. The maximum Gasteiger partial charge on any atom is 0.255 e. The second-order valence-electron chi connectivity index (χ2n) is 11.3. The van der Waals surface area contributed by atoms with Crippen LogP contribution < -0.4 is 5.73 Å². The first-order valence-corrected chi connectivity index (χ1v) is 14.4. The average molecular weight is 558 g/mol. The Labute approximate surface area is 247 Å². The summed E-state index contributed by atoms with van der Waals surface area (Å²) in [5, 5.41) is 18.5. The number of terminal acetylenes is 1. The van der Waals surface area contributed by atoms with E-state index in [0.717, 1.165) is 37.7 Å². The number of rotatable bonds is 9. The first kappa shape index (κ1) is 28.8. The predicted octanol–water partition coefficient (Wildman–Crippen LogP) is 6.49. The molecule has 0 radical (unpaired) electrons. The minimum absolute atomic E-state index is 0.147. The Hall–Kier alpha value is -4.72. The van der Waals surface area contributed by atoms with Crippen LogP contribution in [0.3, 0.4) is 0 Å². The zero-order chi connectivity index (χ0) is 29.7. The van der Waals surface area contributed by atoms with Crippen LogP contribution in [-0.2, 0) is 12.0 Å². The lowest BCUT2D eigenvalue weighted by Gasteiger charge is -2.34. The van der Waals surface area contributed by atoms with Crippen LogP contribution in [0.15, 0.2) is 77.2 Å². The molecule has 5 rings (SSSR count). The maximum absolute atomic E-state index is 14.2. The number of carbonyl (C=O) groups excluding carboxylic acids is 1. The Kier molecular flexibility index (Phi) is 8.24. The third-order valence-electron chi connectivity index (χ3n) is 8.06. The second-order valence-corrected chi connectivity index (χ2v) is 11.3. The van der Waals surface area contributed by atoms with Crippen molar-refractivity contribution in [3.05, 3.63) is 95.4 Å². The summed E-state index contributed by atoms with van der Waals surface area (Å²) in [7, 11) is 0. The quantitative estimate of drug-likeness (QED) is 0.236. The molecule has 1 unspecified atom stereocenters. The van der Waals surface area contributed by atoms with Crippen molar-refractivity contribution < 1.29 is 9.21 Å². The largest absolute Gasteiger partial charge is 0.419 e. The van der Waals surface area contributed by atoms with Gasteiger partial charge in [0.1, 0.15) is 5.54 Å². The standard InChI is InChI=1S/C35H35N5O2/c1-4-6-17-35(5-2)18-12-19-40(35)32(41)29-21-27(30-16-11-10-15-26(30)24-36)20-28(22-29)31-38-39-33(42-31)34(3,37)23-25-13-8-7-9-14-25/h2,7-11,13-16,20-22H,4,6,12,17-19,23,37H2,1,3H3/t34-,35?/m1/s1. The summed E-state index contributed by atoms with van der Waals surface area (Å²) < 4.78 is 6.16. The van der Waals surface area contributed by atoms with Gasteiger partial charge in [0.25, 0.3) is 5.91 Å². The molecule has 7 heteroatoms. The fourth-order valence-corrected chi connectivity index (χ4v) is 5.81. The van der Waals surface area contributed by atoms with Crippen molar-refractivity contribution in [1.82, 2.24) is 15.1 Å². The van der Waals surface area contributed by atoms with E-state index in [1.165, 1.54) is 0 Å². The minimum Gasteiger partial charge on any atom is -0.419 e. The maximum atomic E-state index is 14.2. The van der Waals surface area contributed by atoms with E-state index in [4.69, 9.17) is 16.6 Å². The number of hydrogen-bond donors (Lipinski definition) is 1. The van der Waals surface area contributed by atoms with Crippen LogP contribution >= 0.6 is 0 Å². The van der Waals surface area contributed by atoms with Crippen molar-refractivity contribution >= 4 is 5.91 Å². The number of nitriles is 1. The van der Waals surface area contributed by atoms with E-state index < -0.39 is 11.1 Å². The number of nitrogens with two attached hydrogens (primary N) is 1. The molecule has 212 valence electrons. The van der Waals surface area contributed by atoms with Crippen LogP contribution in [0.25, 0.3) is 22.6 Å². The van der Waals surface area contributed by atoms with Crippen LogP contribution in [0.5, 0.6) is 0 Å². The number of nitrogens with zero attached hydrogens (tertiary/aromatic N) is 4. The Morgan fingerprint density at radius 1 is 1.12 bits per heavy atom. The van der Waals surface area contributed by atoms with Gasteiger partial charge in [-0.1, -0.05) is 74.2 Å². The van der Waals surface area contributed by atoms with Crippen molar-refractivity contribution in [2.75, 3.05) is 6.54 Å². The summed E-state index contributed by atoms with van der Waals surface area (Å²) in [6.07, 6.45) is 10.9. The highest BCUT2D eigenvalue weighted by atomic mass is 16.4. The molecule has 1 fully saturated rings. The van der Waals surface area contributed by atoms with Gasteiger partial charge in [-0.15, -0.1) is 16.6 Å². The molecule has 2 N–H and O–H groups in total. The zero-order valence-corrected chi connectivity index (χ0v) is 24.1. The number of aromatic nitrogens is 2. The molecule has 0 aliphatic carbocycles. The van der Waals surface area contributed by atoms with Crippen molar-refractivity contribution in [2.24, 2.45) is 5.73 Å². The molecule has 0 saturated carbocycles. The molecule has 3 aromatic carbocycles. The molecule has 1 amide bonds. The third kappa shape index (κ3) is 5.70. The van der Waals surface area contributed by atoms with Gasteiger partial charge in [-0.2, -0.15) is 5.26 Å². The first-order valence-electron chi connectivity index (χ1n) is 14.4. The van der Waals surface area contributed by atoms with Crippen molar-refractivity contribution in [3.8, 4) is 41.0 Å². The molecular weight excluding hydrogens is 522 g/mol. The predicted molar refractivity (Wildman–Crippen MR) is 163 cm³/mol. The number of hydrogen-bond acceptors (Lipinski definition) is 6. The lowest BCUT2D eigenvalue weighted by molar-refractivity contribution is 0.0663. The molecule has 0 spiro atoms. The summed E-state index contributed by atoms with van der Waals surface area (Å²) in [5.74, 6) is 3.36. The molecule has 0 bridgehead atoms. The van der Waals surface area contributed by atoms with Gasteiger partial charge in [0.15, 0.2) is 0 Å². The molecule has 7 nitrogen and oxygen atoms in total. The Morgan fingerprint density at radius 3 is 2.60 bits per heavy atom. The Morgan fingerprint density at radius 2 is 1.86 bits per heavy atom. The van der Waals surface area contributed by atoms with Crippen LogP contribution in [0.1, 0.15) is 73.3 Å². The Balaban J connectivity index is 1.57. The average Bonchev–Trinajstić information content (AvgIpc) is 3.69. The van der Waals surface area contributed by atoms with Gasteiger partial charge in [-0.25, -0.2) is 0 Å². The van der Waals surface area contributed by atoms with Crippen LogP contribution in [-0.4, -0.2) is 33.1 Å². The fourth-order valence-electron chi connectivity index (χ4n) is 5.81. The highest BCUT2D eigenvalue weighted by Gasteiger charge is 2.42. The van der Waals surface area contributed by atoms with E-state index in [0.29, 0.717) is 46.7 Å². The van der Waals surface area contributed by atoms with Gasteiger partial charge in [-0.05, 0) is 73.6 Å². The number of amides is 1. The molecule has 4 aromatic rings. The highest BCUT2D eigenvalue weighted by molar-refractivity contribution is 5.98. The molecular formula is C35H35N5O2. The summed E-state index contributed by atoms with van der Waals surface area (Å²) in [4.78, 5) is 16.0. The molecule has 2 heterocycles. The third-order valence-corrected chi connectivity index (χ3v) is 8.06. The summed E-state index contributed by atoms with van der Waals surface area (Å²) in [5.41, 5.74) is 9.12. The molecule has 42 heavy (non-hydrogen) atoms. The number of likely N-dealkylation sites (tertiary alicyclic amines) is 1. The van der Waals surface area contributed by atoms with Crippen LogP contribution in [0, 0.1) is 23.7 Å². The molecule has 1 saturated heterocycles. The highest BCUT2D eigenvalue weighted by Crippen LogP contribution is 2.37.